The minimum Gasteiger partial charge on any atom is -0.491 e. The molecule has 1 aliphatic carbocycles. The van der Waals surface area contributed by atoms with Gasteiger partial charge in [-0.1, -0.05) is 68.9 Å². The van der Waals surface area contributed by atoms with Crippen LogP contribution in [0.15, 0.2) is 78.7 Å². The van der Waals surface area contributed by atoms with Gasteiger partial charge in [-0.15, -0.1) is 11.3 Å². The molecule has 412 valence electrons. The van der Waals surface area contributed by atoms with Crippen LogP contribution in [0.2, 0.25) is 0 Å². The average Bonchev–Trinajstić information content (AvgIpc) is 4.17. The Kier molecular flexibility index (Phi) is 18.1. The van der Waals surface area contributed by atoms with E-state index in [9.17, 15) is 29.1 Å². The first-order valence-electron chi connectivity index (χ1n) is 26.8. The summed E-state index contributed by atoms with van der Waals surface area (Å²) in [6, 6.07) is 15.3. The predicted molar refractivity (Wildman–Crippen MR) is 301 cm³/mol. The monoisotopic (exact) mass is 1100 g/mol. The zero-order valence-electron chi connectivity index (χ0n) is 44.9. The average molecular weight is 1100 g/mol. The van der Waals surface area contributed by atoms with Gasteiger partial charge in [0.25, 0.3) is 5.91 Å². The number of carbonyl (C=O) groups excluding carboxylic acids is 5. The number of aliphatic hydroxyl groups excluding tert-OH is 1. The van der Waals surface area contributed by atoms with Gasteiger partial charge in [-0.05, 0) is 85.9 Å². The first kappa shape index (κ1) is 55.8. The molecule has 19 nitrogen and oxygen atoms in total. The van der Waals surface area contributed by atoms with Crippen LogP contribution < -0.4 is 26.0 Å². The zero-order chi connectivity index (χ0) is 54.9. The summed E-state index contributed by atoms with van der Waals surface area (Å²) >= 11 is 2.98. The van der Waals surface area contributed by atoms with E-state index in [0.29, 0.717) is 48.4 Å². The maximum absolute atomic E-state index is 14.3. The van der Waals surface area contributed by atoms with Gasteiger partial charge < -0.3 is 40.3 Å². The lowest BCUT2D eigenvalue weighted by molar-refractivity contribution is -0.142. The van der Waals surface area contributed by atoms with Crippen LogP contribution in [0.3, 0.4) is 0 Å². The highest BCUT2D eigenvalue weighted by molar-refractivity contribution is 7.22. The Bertz CT molecular complexity index is 3090. The molecule has 1 saturated carbocycles. The second-order valence-corrected chi connectivity index (χ2v) is 23.3. The molecule has 2 aliphatic heterocycles. The van der Waals surface area contributed by atoms with E-state index in [1.165, 1.54) is 28.9 Å². The lowest BCUT2D eigenvalue weighted by Gasteiger charge is -2.35. The highest BCUT2D eigenvalue weighted by atomic mass is 32.1. The summed E-state index contributed by atoms with van der Waals surface area (Å²) in [6.07, 6.45) is 8.86. The van der Waals surface area contributed by atoms with Crippen LogP contribution in [0.4, 0.5) is 15.6 Å². The van der Waals surface area contributed by atoms with Gasteiger partial charge in [0.15, 0.2) is 5.13 Å². The number of aryl methyl sites for hydroxylation is 2. The number of fused-ring (bicyclic) bond motifs is 1. The third-order valence-electron chi connectivity index (χ3n) is 14.6. The predicted octanol–water partition coefficient (Wildman–Crippen LogP) is 7.82. The van der Waals surface area contributed by atoms with Crippen LogP contribution >= 0.6 is 22.7 Å². The number of rotatable bonds is 18. The van der Waals surface area contributed by atoms with Crippen molar-refractivity contribution >= 4 is 73.4 Å². The second-order valence-electron chi connectivity index (χ2n) is 21.4. The topological polar surface area (TPSA) is 233 Å². The number of aromatic nitrogens is 4. The van der Waals surface area contributed by atoms with Crippen molar-refractivity contribution < 1.29 is 38.6 Å². The largest absolute Gasteiger partial charge is 0.491 e. The van der Waals surface area contributed by atoms with Gasteiger partial charge in [-0.2, -0.15) is 0 Å². The number of nitrogens with zero attached hydrogens (tertiary/aromatic N) is 7. The maximum atomic E-state index is 14.3. The number of hydrogen-bond donors (Lipinski definition) is 5. The first-order chi connectivity index (χ1) is 37.5. The van der Waals surface area contributed by atoms with E-state index in [-0.39, 0.29) is 43.0 Å². The fourth-order valence-corrected chi connectivity index (χ4v) is 11.8. The molecular weight excluding hydrogens is 1030 g/mol. The highest BCUT2D eigenvalue weighted by Gasteiger charge is 2.44. The van der Waals surface area contributed by atoms with Gasteiger partial charge >= 0.3 is 6.09 Å². The molecule has 6 aromatic rings. The van der Waals surface area contributed by atoms with Gasteiger partial charge in [-0.25, -0.2) is 14.8 Å². The van der Waals surface area contributed by atoms with E-state index >= 15 is 0 Å². The molecule has 21 heteroatoms. The summed E-state index contributed by atoms with van der Waals surface area (Å²) in [5, 5.41) is 22.9. The zero-order valence-corrected chi connectivity index (χ0v) is 46.5. The standard InChI is InChI=1S/C57H69N11O8S2/c1-35-46(63-56(74)76-43-9-7-6-8-10-43)26-40(31-59-35)39-15-16-45-48(27-39)78-55(62-45)64-49(70)17-18-66-19-21-67(22-20-66)23-24-75-44-25-41(30-58-32-44)52(71)65-51(57(3,4)5)54(73)68-33-42(69)28-47(68)53(72)60-29-37-11-13-38(14-12-37)50-36(2)61-34-77-50/h11-16,25-27,30-32,34,42-43,47,51,69H,6-10,17-24,28-29,33H2,1-5H3,(H,60,72)(H,63,74)(H,65,71)(H,62,64,70)/t42-,47+,51-/m1/s1. The molecule has 6 heterocycles. The van der Waals surface area contributed by atoms with Crippen molar-refractivity contribution in [2.75, 3.05) is 63.1 Å². The van der Waals surface area contributed by atoms with E-state index in [2.05, 4.69) is 51.0 Å². The Balaban J connectivity index is 0.695. The number of β-amino-alcohol motifs (C(OH)–C–C–N with tert-alkyl or cyclic N) is 1. The lowest BCUT2D eigenvalue weighted by atomic mass is 9.85. The number of benzene rings is 2. The fourth-order valence-electron chi connectivity index (χ4n) is 10.0. The lowest BCUT2D eigenvalue weighted by Crippen LogP contribution is -2.57. The van der Waals surface area contributed by atoms with Crippen LogP contribution in [-0.2, 0) is 25.7 Å². The highest BCUT2D eigenvalue weighted by Crippen LogP contribution is 2.33. The van der Waals surface area contributed by atoms with E-state index in [0.717, 1.165) is 94.9 Å². The molecule has 2 saturated heterocycles. The Labute approximate surface area is 462 Å². The van der Waals surface area contributed by atoms with Crippen molar-refractivity contribution in [2.24, 2.45) is 5.41 Å². The third-order valence-corrected chi connectivity index (χ3v) is 16.5. The number of aliphatic hydroxyl groups is 1. The number of nitrogens with one attached hydrogen (secondary N) is 4. The minimum atomic E-state index is -1.02. The molecule has 4 aromatic heterocycles. The Morgan fingerprint density at radius 2 is 1.58 bits per heavy atom. The van der Waals surface area contributed by atoms with Crippen LogP contribution in [0.25, 0.3) is 31.8 Å². The van der Waals surface area contributed by atoms with Gasteiger partial charge in [0, 0.05) is 83.2 Å². The number of hydrogen-bond acceptors (Lipinski definition) is 16. The van der Waals surface area contributed by atoms with Crippen molar-refractivity contribution in [3.05, 3.63) is 101 Å². The second kappa shape index (κ2) is 25.3. The quantitative estimate of drug-likeness (QED) is 0.0552. The summed E-state index contributed by atoms with van der Waals surface area (Å²) in [5.41, 5.74) is 7.99. The van der Waals surface area contributed by atoms with Crippen LogP contribution in [0, 0.1) is 19.3 Å². The molecule has 2 aromatic carbocycles. The SMILES string of the molecule is Cc1ncc(-c2ccc3nc(NC(=O)CCN4CCN(CCOc5cncc(C(=O)N[C@H](C(=O)N6C[C@H](O)C[C@H]6C(=O)NCc6ccc(-c7scnc7C)cc6)C(C)(C)C)c5)CC4)sc3c2)cc1NC(=O)OC1CCCCC1. The van der Waals surface area contributed by atoms with Crippen molar-refractivity contribution in [1.29, 1.82) is 0 Å². The van der Waals surface area contributed by atoms with Gasteiger partial charge in [0.2, 0.25) is 17.7 Å². The third kappa shape index (κ3) is 14.4. The Morgan fingerprint density at radius 1 is 0.833 bits per heavy atom. The molecule has 3 aliphatic rings. The summed E-state index contributed by atoms with van der Waals surface area (Å²) < 4.78 is 12.7. The number of likely N-dealkylation sites (tertiary alicyclic amines) is 1. The normalized spacial score (nSPS) is 17.8. The maximum Gasteiger partial charge on any atom is 0.411 e. The summed E-state index contributed by atoms with van der Waals surface area (Å²) in [6.45, 7) is 14.3. The van der Waals surface area contributed by atoms with E-state index < -0.39 is 41.5 Å². The molecule has 5 N–H and O–H groups in total. The number of thiazole rings is 2. The fraction of sp³-hybridized carbons (Fsp3) is 0.456. The molecule has 0 bridgehead atoms. The van der Waals surface area contributed by atoms with Gasteiger partial charge in [-0.3, -0.25) is 39.4 Å². The molecule has 0 spiro atoms. The smallest absolute Gasteiger partial charge is 0.411 e. The van der Waals surface area contributed by atoms with Crippen molar-refractivity contribution in [2.45, 2.75) is 110 Å². The molecular formula is C57H69N11O8S2. The summed E-state index contributed by atoms with van der Waals surface area (Å²) in [7, 11) is 0. The molecule has 3 fully saturated rings. The van der Waals surface area contributed by atoms with E-state index in [4.69, 9.17) is 9.47 Å². The van der Waals surface area contributed by atoms with Crippen molar-refractivity contribution in [3.8, 4) is 27.3 Å². The molecule has 5 amide bonds. The first-order valence-corrected chi connectivity index (χ1v) is 28.5. The summed E-state index contributed by atoms with van der Waals surface area (Å²) in [5.74, 6) is -1.06. The number of pyridine rings is 2. The number of ether oxygens (including phenoxy) is 2. The van der Waals surface area contributed by atoms with Crippen LogP contribution in [0.1, 0.15) is 93.0 Å². The number of amides is 5. The van der Waals surface area contributed by atoms with Crippen molar-refractivity contribution in [1.82, 2.24) is 45.3 Å². The van der Waals surface area contributed by atoms with Gasteiger partial charge in [0.05, 0.1) is 55.5 Å². The van der Waals surface area contributed by atoms with E-state index in [1.54, 1.807) is 29.8 Å². The Morgan fingerprint density at radius 3 is 2.31 bits per heavy atom. The molecule has 3 atom stereocenters. The number of anilines is 2. The minimum absolute atomic E-state index is 0.0356. The molecule has 0 unspecified atom stereocenters. The van der Waals surface area contributed by atoms with Gasteiger partial charge in [0.1, 0.15) is 30.5 Å². The molecule has 0 radical (unpaired) electrons. The molecule has 78 heavy (non-hydrogen) atoms. The Hall–Kier alpha value is -6.91. The number of carbonyl (C=O) groups is 5. The number of piperazine rings is 1. The van der Waals surface area contributed by atoms with Crippen molar-refractivity contribution in [3.63, 3.8) is 0 Å². The van der Waals surface area contributed by atoms with Crippen LogP contribution in [0.5, 0.6) is 5.75 Å². The van der Waals surface area contributed by atoms with Crippen LogP contribution in [-0.4, -0.2) is 146 Å². The summed E-state index contributed by atoms with van der Waals surface area (Å²) in [4.78, 5) is 92.2. The van der Waals surface area contributed by atoms with E-state index in [1.807, 2.05) is 88.7 Å². The molecule has 9 rings (SSSR count).